The highest BCUT2D eigenvalue weighted by Gasteiger charge is 2.16. The topological polar surface area (TPSA) is 59.6 Å². The van der Waals surface area contributed by atoms with Crippen LogP contribution in [0.15, 0.2) is 18.2 Å². The summed E-state index contributed by atoms with van der Waals surface area (Å²) in [6.07, 6.45) is 2.72. The Morgan fingerprint density at radius 2 is 2.26 bits per heavy atom. The molecule has 2 aliphatic rings. The van der Waals surface area contributed by atoms with Gasteiger partial charge in [-0.05, 0) is 37.1 Å². The molecule has 1 atom stereocenters. The van der Waals surface area contributed by atoms with Crippen LogP contribution in [0.3, 0.4) is 0 Å². The van der Waals surface area contributed by atoms with Gasteiger partial charge in [-0.15, -0.1) is 0 Å². The van der Waals surface area contributed by atoms with E-state index < -0.39 is 0 Å². The van der Waals surface area contributed by atoms with Gasteiger partial charge in [-0.25, -0.2) is 0 Å². The molecule has 1 amide bonds. The van der Waals surface area contributed by atoms with Crippen LogP contribution in [0, 0.1) is 0 Å². The second kappa shape index (κ2) is 5.48. The van der Waals surface area contributed by atoms with Gasteiger partial charge in [0, 0.05) is 12.6 Å². The maximum absolute atomic E-state index is 11.9. The van der Waals surface area contributed by atoms with Gasteiger partial charge in [0.15, 0.2) is 11.5 Å². The number of hydrogen-bond donors (Lipinski definition) is 2. The summed E-state index contributed by atoms with van der Waals surface area (Å²) in [6, 6.07) is 6.06. The number of carbonyl (C=O) groups excluding carboxylic acids is 1. The zero-order valence-corrected chi connectivity index (χ0v) is 10.8. The van der Waals surface area contributed by atoms with Crippen LogP contribution in [0.5, 0.6) is 11.5 Å². The van der Waals surface area contributed by atoms with E-state index in [1.807, 2.05) is 18.2 Å². The van der Waals surface area contributed by atoms with Crippen LogP contribution in [-0.2, 0) is 11.2 Å². The van der Waals surface area contributed by atoms with Gasteiger partial charge in [-0.2, -0.15) is 0 Å². The van der Waals surface area contributed by atoms with E-state index in [2.05, 4.69) is 10.6 Å². The van der Waals surface area contributed by atoms with Gasteiger partial charge < -0.3 is 20.1 Å². The van der Waals surface area contributed by atoms with E-state index in [0.29, 0.717) is 19.0 Å². The fourth-order valence-corrected chi connectivity index (χ4v) is 2.47. The Balaban J connectivity index is 1.51. The number of carbonyl (C=O) groups is 1. The van der Waals surface area contributed by atoms with Crippen molar-refractivity contribution in [2.24, 2.45) is 0 Å². The third kappa shape index (κ3) is 2.98. The van der Waals surface area contributed by atoms with E-state index in [0.717, 1.165) is 30.0 Å². The van der Waals surface area contributed by atoms with Crippen LogP contribution in [0.1, 0.15) is 18.4 Å². The average molecular weight is 262 g/mol. The van der Waals surface area contributed by atoms with Crippen molar-refractivity contribution >= 4 is 5.91 Å². The summed E-state index contributed by atoms with van der Waals surface area (Å²) in [5.74, 6) is 1.52. The number of benzene rings is 1. The smallest absolute Gasteiger partial charge is 0.231 e. The van der Waals surface area contributed by atoms with Gasteiger partial charge in [0.05, 0.1) is 6.42 Å². The number of nitrogens with one attached hydrogen (secondary N) is 2. The van der Waals surface area contributed by atoms with E-state index in [9.17, 15) is 4.79 Å². The first-order valence-electron chi connectivity index (χ1n) is 6.70. The summed E-state index contributed by atoms with van der Waals surface area (Å²) in [6.45, 7) is 2.03. The lowest BCUT2D eigenvalue weighted by Crippen LogP contribution is -2.37. The second-order valence-electron chi connectivity index (χ2n) is 4.96. The minimum absolute atomic E-state index is 0.0487. The van der Waals surface area contributed by atoms with Crippen molar-refractivity contribution in [1.82, 2.24) is 10.6 Å². The second-order valence-corrected chi connectivity index (χ2v) is 4.96. The molecule has 19 heavy (non-hydrogen) atoms. The van der Waals surface area contributed by atoms with Gasteiger partial charge in [0.2, 0.25) is 12.7 Å². The Hall–Kier alpha value is -1.75. The normalized spacial score (nSPS) is 20.5. The van der Waals surface area contributed by atoms with Crippen LogP contribution in [0.4, 0.5) is 0 Å². The van der Waals surface area contributed by atoms with E-state index >= 15 is 0 Å². The summed E-state index contributed by atoms with van der Waals surface area (Å²) < 4.78 is 10.5. The first kappa shape index (κ1) is 12.3. The van der Waals surface area contributed by atoms with Crippen molar-refractivity contribution in [3.05, 3.63) is 23.8 Å². The third-order valence-corrected chi connectivity index (χ3v) is 3.51. The summed E-state index contributed by atoms with van der Waals surface area (Å²) in [5.41, 5.74) is 0.945. The zero-order valence-electron chi connectivity index (χ0n) is 10.8. The van der Waals surface area contributed by atoms with E-state index in [1.165, 1.54) is 6.42 Å². The molecule has 5 heteroatoms. The first-order valence-corrected chi connectivity index (χ1v) is 6.70. The van der Waals surface area contributed by atoms with Crippen molar-refractivity contribution in [2.45, 2.75) is 25.3 Å². The Kier molecular flexibility index (Phi) is 3.55. The number of amides is 1. The van der Waals surface area contributed by atoms with Crippen LogP contribution in [0.2, 0.25) is 0 Å². The predicted molar refractivity (Wildman–Crippen MR) is 70.3 cm³/mol. The van der Waals surface area contributed by atoms with Gasteiger partial charge in [0.1, 0.15) is 0 Å². The first-order chi connectivity index (χ1) is 9.31. The van der Waals surface area contributed by atoms with Gasteiger partial charge in [-0.3, -0.25) is 4.79 Å². The number of hydrogen-bond acceptors (Lipinski definition) is 4. The van der Waals surface area contributed by atoms with E-state index in [-0.39, 0.29) is 12.7 Å². The quantitative estimate of drug-likeness (QED) is 0.843. The number of ether oxygens (including phenoxy) is 2. The molecule has 1 aromatic rings. The zero-order chi connectivity index (χ0) is 13.1. The lowest BCUT2D eigenvalue weighted by Gasteiger charge is -2.11. The molecule has 3 rings (SSSR count). The Morgan fingerprint density at radius 1 is 1.37 bits per heavy atom. The Morgan fingerprint density at radius 3 is 3.11 bits per heavy atom. The molecule has 1 unspecified atom stereocenters. The molecular weight excluding hydrogens is 244 g/mol. The molecule has 102 valence electrons. The minimum atomic E-state index is 0.0487. The van der Waals surface area contributed by atoms with Crippen LogP contribution >= 0.6 is 0 Å². The van der Waals surface area contributed by atoms with Crippen LogP contribution in [-0.4, -0.2) is 31.8 Å². The summed E-state index contributed by atoms with van der Waals surface area (Å²) in [5, 5.41) is 6.33. The molecule has 0 aromatic heterocycles. The van der Waals surface area contributed by atoms with Crippen molar-refractivity contribution in [3.63, 3.8) is 0 Å². The van der Waals surface area contributed by atoms with E-state index in [4.69, 9.17) is 9.47 Å². The maximum Gasteiger partial charge on any atom is 0.231 e. The largest absolute Gasteiger partial charge is 0.454 e. The Bertz CT molecular complexity index is 470. The summed E-state index contributed by atoms with van der Waals surface area (Å²) in [7, 11) is 0. The molecule has 2 aliphatic heterocycles. The number of fused-ring (bicyclic) bond motifs is 1. The van der Waals surface area contributed by atoms with Gasteiger partial charge in [-0.1, -0.05) is 6.07 Å². The molecule has 5 nitrogen and oxygen atoms in total. The van der Waals surface area contributed by atoms with Crippen molar-refractivity contribution in [3.8, 4) is 11.5 Å². The van der Waals surface area contributed by atoms with Crippen LogP contribution < -0.4 is 20.1 Å². The summed E-state index contributed by atoms with van der Waals surface area (Å²) >= 11 is 0. The molecule has 0 aliphatic carbocycles. The molecular formula is C14H18N2O3. The fraction of sp³-hybridized carbons (Fsp3) is 0.500. The molecule has 0 saturated carbocycles. The van der Waals surface area contributed by atoms with E-state index in [1.54, 1.807) is 0 Å². The van der Waals surface area contributed by atoms with Gasteiger partial charge >= 0.3 is 0 Å². The van der Waals surface area contributed by atoms with Crippen molar-refractivity contribution in [1.29, 1.82) is 0 Å². The molecule has 1 fully saturated rings. The lowest BCUT2D eigenvalue weighted by molar-refractivity contribution is -0.120. The van der Waals surface area contributed by atoms with Crippen molar-refractivity contribution < 1.29 is 14.3 Å². The standard InChI is InChI=1S/C14H18N2O3/c17-14(16-8-11-2-1-5-15-11)7-10-3-4-12-13(6-10)19-9-18-12/h3-4,6,11,15H,1-2,5,7-9H2,(H,16,17). The van der Waals surface area contributed by atoms with Crippen LogP contribution in [0.25, 0.3) is 0 Å². The maximum atomic E-state index is 11.9. The molecule has 2 heterocycles. The molecule has 0 spiro atoms. The minimum Gasteiger partial charge on any atom is -0.454 e. The molecule has 0 bridgehead atoms. The highest BCUT2D eigenvalue weighted by molar-refractivity contribution is 5.78. The average Bonchev–Trinajstić information content (AvgIpc) is 3.07. The fourth-order valence-electron chi connectivity index (χ4n) is 2.47. The molecule has 2 N–H and O–H groups in total. The molecule has 0 radical (unpaired) electrons. The lowest BCUT2D eigenvalue weighted by atomic mass is 10.1. The predicted octanol–water partition coefficient (Wildman–Crippen LogP) is 0.826. The molecule has 1 aromatic carbocycles. The Labute approximate surface area is 112 Å². The molecule has 1 saturated heterocycles. The highest BCUT2D eigenvalue weighted by atomic mass is 16.7. The van der Waals surface area contributed by atoms with Crippen molar-refractivity contribution in [2.75, 3.05) is 19.9 Å². The SMILES string of the molecule is O=C(Cc1ccc2c(c1)OCO2)NCC1CCCN1. The number of rotatable bonds is 4. The third-order valence-electron chi connectivity index (χ3n) is 3.51. The highest BCUT2D eigenvalue weighted by Crippen LogP contribution is 2.32. The summed E-state index contributed by atoms with van der Waals surface area (Å²) in [4.78, 5) is 11.9. The van der Waals surface area contributed by atoms with Gasteiger partial charge in [0.25, 0.3) is 0 Å². The monoisotopic (exact) mass is 262 g/mol.